The maximum absolute atomic E-state index is 13.7. The summed E-state index contributed by atoms with van der Waals surface area (Å²) in [5, 5.41) is 0.506. The normalized spacial score (nSPS) is 11.7. The van der Waals surface area contributed by atoms with Crippen LogP contribution in [-0.4, -0.2) is 37.8 Å². The van der Waals surface area contributed by atoms with Crippen LogP contribution in [0.2, 0.25) is 0 Å². The molecule has 0 aliphatic heterocycles. The Morgan fingerprint density at radius 3 is 2.32 bits per heavy atom. The number of para-hydroxylation sites is 3. The molecule has 3 heterocycles. The van der Waals surface area contributed by atoms with Gasteiger partial charge in [-0.05, 0) is 30.7 Å². The highest BCUT2D eigenvalue weighted by molar-refractivity contribution is 6.05. The number of aromatic nitrogens is 5. The third-order valence-corrected chi connectivity index (χ3v) is 5.50. The number of benzene rings is 2. The van der Waals surface area contributed by atoms with Crippen molar-refractivity contribution in [1.29, 1.82) is 0 Å². The maximum atomic E-state index is 13.7. The number of fused-ring (bicyclic) bond motifs is 4. The number of aryl methyl sites for hydroxylation is 1. The second kappa shape index (κ2) is 7.92. The van der Waals surface area contributed by atoms with Crippen molar-refractivity contribution < 1.29 is 4.74 Å². The SMILES string of the molecule is CCc1nc2c(c(=O)n1CCCOC)c1nc3ccccc3nc1n2-c1ccccc1. The number of hydrogen-bond acceptors (Lipinski definition) is 5. The molecule has 0 aliphatic rings. The summed E-state index contributed by atoms with van der Waals surface area (Å²) >= 11 is 0. The van der Waals surface area contributed by atoms with Crippen LogP contribution < -0.4 is 5.56 Å². The lowest BCUT2D eigenvalue weighted by atomic mass is 10.2. The molecule has 0 bridgehead atoms. The van der Waals surface area contributed by atoms with Crippen LogP contribution in [0.25, 0.3) is 38.9 Å². The fraction of sp³-hybridized carbons (Fsp3) is 0.250. The van der Waals surface area contributed by atoms with Gasteiger partial charge in [-0.25, -0.2) is 15.0 Å². The Hall–Kier alpha value is -3.58. The maximum Gasteiger partial charge on any atom is 0.265 e. The van der Waals surface area contributed by atoms with Gasteiger partial charge in [0.1, 0.15) is 16.7 Å². The van der Waals surface area contributed by atoms with E-state index in [0.29, 0.717) is 41.8 Å². The molecule has 5 aromatic rings. The molecule has 156 valence electrons. The van der Waals surface area contributed by atoms with Crippen molar-refractivity contribution in [3.8, 4) is 5.69 Å². The number of hydrogen-bond donors (Lipinski definition) is 0. The zero-order valence-corrected chi connectivity index (χ0v) is 17.6. The molecule has 7 heteroatoms. The summed E-state index contributed by atoms with van der Waals surface area (Å²) in [6.45, 7) is 3.16. The van der Waals surface area contributed by atoms with E-state index in [1.807, 2.05) is 66.1 Å². The predicted octanol–water partition coefficient (Wildman–Crippen LogP) is 3.88. The average Bonchev–Trinajstić information content (AvgIpc) is 3.12. The van der Waals surface area contributed by atoms with E-state index >= 15 is 0 Å². The van der Waals surface area contributed by atoms with Crippen molar-refractivity contribution in [1.82, 2.24) is 24.1 Å². The van der Waals surface area contributed by atoms with Crippen LogP contribution in [0.1, 0.15) is 19.2 Å². The zero-order valence-electron chi connectivity index (χ0n) is 17.6. The van der Waals surface area contributed by atoms with Gasteiger partial charge in [0.2, 0.25) is 0 Å². The van der Waals surface area contributed by atoms with Gasteiger partial charge < -0.3 is 4.74 Å². The molecule has 2 aromatic carbocycles. The molecule has 0 N–H and O–H groups in total. The van der Waals surface area contributed by atoms with E-state index in [2.05, 4.69) is 0 Å². The molecule has 0 radical (unpaired) electrons. The third kappa shape index (κ3) is 3.18. The van der Waals surface area contributed by atoms with E-state index in [4.69, 9.17) is 19.7 Å². The molecule has 0 saturated carbocycles. The monoisotopic (exact) mass is 413 g/mol. The molecular weight excluding hydrogens is 390 g/mol. The Balaban J connectivity index is 1.92. The van der Waals surface area contributed by atoms with Gasteiger partial charge in [0, 0.05) is 32.4 Å². The Bertz CT molecular complexity index is 1450. The molecule has 7 nitrogen and oxygen atoms in total. The van der Waals surface area contributed by atoms with Gasteiger partial charge in [0.25, 0.3) is 5.56 Å². The Kier molecular flexibility index (Phi) is 4.95. The molecule has 0 amide bonds. The smallest absolute Gasteiger partial charge is 0.265 e. The Morgan fingerprint density at radius 1 is 0.903 bits per heavy atom. The minimum Gasteiger partial charge on any atom is -0.385 e. The highest BCUT2D eigenvalue weighted by atomic mass is 16.5. The number of methoxy groups -OCH3 is 1. The zero-order chi connectivity index (χ0) is 21.4. The van der Waals surface area contributed by atoms with Gasteiger partial charge in [-0.15, -0.1) is 0 Å². The topological polar surface area (TPSA) is 74.8 Å². The fourth-order valence-corrected chi connectivity index (χ4v) is 4.06. The van der Waals surface area contributed by atoms with Gasteiger partial charge in [-0.2, -0.15) is 0 Å². The Morgan fingerprint density at radius 2 is 1.61 bits per heavy atom. The van der Waals surface area contributed by atoms with Gasteiger partial charge in [-0.3, -0.25) is 13.9 Å². The van der Waals surface area contributed by atoms with Crippen molar-refractivity contribution in [2.75, 3.05) is 13.7 Å². The van der Waals surface area contributed by atoms with Crippen LogP contribution in [-0.2, 0) is 17.7 Å². The van der Waals surface area contributed by atoms with Crippen LogP contribution in [0.5, 0.6) is 0 Å². The molecule has 0 saturated heterocycles. The van der Waals surface area contributed by atoms with Crippen LogP contribution in [0.4, 0.5) is 0 Å². The van der Waals surface area contributed by atoms with E-state index in [1.54, 1.807) is 11.7 Å². The second-order valence-corrected chi connectivity index (χ2v) is 7.44. The quantitative estimate of drug-likeness (QED) is 0.395. The summed E-state index contributed by atoms with van der Waals surface area (Å²) in [7, 11) is 1.67. The molecular formula is C24H23N5O2. The summed E-state index contributed by atoms with van der Waals surface area (Å²) in [6.07, 6.45) is 1.39. The minimum atomic E-state index is -0.0813. The van der Waals surface area contributed by atoms with Crippen LogP contribution in [0.15, 0.2) is 59.4 Å². The first-order chi connectivity index (χ1) is 15.2. The first kappa shape index (κ1) is 19.4. The average molecular weight is 413 g/mol. The van der Waals surface area contributed by atoms with E-state index in [9.17, 15) is 4.79 Å². The summed E-state index contributed by atoms with van der Waals surface area (Å²) in [5.74, 6) is 0.748. The first-order valence-corrected chi connectivity index (χ1v) is 10.5. The minimum absolute atomic E-state index is 0.0813. The van der Waals surface area contributed by atoms with Crippen LogP contribution >= 0.6 is 0 Å². The van der Waals surface area contributed by atoms with Gasteiger partial charge in [0.15, 0.2) is 11.3 Å². The van der Waals surface area contributed by atoms with Crippen LogP contribution in [0.3, 0.4) is 0 Å². The Labute approximate surface area is 179 Å². The van der Waals surface area contributed by atoms with Crippen molar-refractivity contribution in [2.45, 2.75) is 26.3 Å². The molecule has 5 rings (SSSR count). The molecule has 0 fully saturated rings. The molecule has 3 aromatic heterocycles. The highest BCUT2D eigenvalue weighted by Crippen LogP contribution is 2.28. The number of rotatable bonds is 6. The van der Waals surface area contributed by atoms with Crippen molar-refractivity contribution in [3.63, 3.8) is 0 Å². The van der Waals surface area contributed by atoms with Gasteiger partial charge >= 0.3 is 0 Å². The largest absolute Gasteiger partial charge is 0.385 e. The lowest BCUT2D eigenvalue weighted by molar-refractivity contribution is 0.189. The van der Waals surface area contributed by atoms with Crippen molar-refractivity contribution in [2.24, 2.45) is 0 Å². The highest BCUT2D eigenvalue weighted by Gasteiger charge is 2.22. The van der Waals surface area contributed by atoms with E-state index in [0.717, 1.165) is 29.0 Å². The molecule has 0 spiro atoms. The molecule has 0 atom stereocenters. The molecule has 31 heavy (non-hydrogen) atoms. The predicted molar refractivity (Wildman–Crippen MR) is 122 cm³/mol. The summed E-state index contributed by atoms with van der Waals surface area (Å²) in [5.41, 5.74) is 4.18. The lowest BCUT2D eigenvalue weighted by Gasteiger charge is -2.12. The lowest BCUT2D eigenvalue weighted by Crippen LogP contribution is -2.26. The summed E-state index contributed by atoms with van der Waals surface area (Å²) < 4.78 is 8.89. The molecule has 0 aliphatic carbocycles. The third-order valence-electron chi connectivity index (χ3n) is 5.50. The standard InChI is InChI=1S/C24H23N5O2/c1-3-19-27-22-20(24(30)28(19)14-9-15-31-2)21-23(29(22)16-10-5-4-6-11-16)26-18-13-8-7-12-17(18)25-21/h4-8,10-13H,3,9,14-15H2,1-2H3. The van der Waals surface area contributed by atoms with E-state index < -0.39 is 0 Å². The number of ether oxygens (including phenoxy) is 1. The summed E-state index contributed by atoms with van der Waals surface area (Å²) in [6, 6.07) is 17.6. The van der Waals surface area contributed by atoms with Crippen molar-refractivity contribution in [3.05, 3.63) is 70.8 Å². The fourth-order valence-electron chi connectivity index (χ4n) is 4.06. The van der Waals surface area contributed by atoms with E-state index in [-0.39, 0.29) is 5.56 Å². The van der Waals surface area contributed by atoms with Gasteiger partial charge in [0.05, 0.1) is 11.0 Å². The van der Waals surface area contributed by atoms with Gasteiger partial charge in [-0.1, -0.05) is 37.3 Å². The van der Waals surface area contributed by atoms with Crippen molar-refractivity contribution >= 4 is 33.2 Å². The second-order valence-electron chi connectivity index (χ2n) is 7.44. The summed E-state index contributed by atoms with van der Waals surface area (Å²) in [4.78, 5) is 28.4. The first-order valence-electron chi connectivity index (χ1n) is 10.5. The molecule has 0 unspecified atom stereocenters. The van der Waals surface area contributed by atoms with E-state index in [1.165, 1.54) is 0 Å². The van der Waals surface area contributed by atoms with Crippen LogP contribution in [0, 0.1) is 0 Å². The number of nitrogens with zero attached hydrogens (tertiary/aromatic N) is 5.